The van der Waals surface area contributed by atoms with Crippen LogP contribution in [0.4, 0.5) is 5.69 Å². The van der Waals surface area contributed by atoms with Crippen molar-refractivity contribution in [2.24, 2.45) is 5.92 Å². The van der Waals surface area contributed by atoms with Crippen LogP contribution < -0.4 is 5.32 Å². The van der Waals surface area contributed by atoms with Gasteiger partial charge < -0.3 is 15.3 Å². The molecule has 0 saturated carbocycles. The molecule has 0 bridgehead atoms. The zero-order chi connectivity index (χ0) is 15.7. The summed E-state index contributed by atoms with van der Waals surface area (Å²) in [5.41, 5.74) is 1.39. The molecule has 118 valence electrons. The third kappa shape index (κ3) is 5.71. The molecule has 0 aliphatic rings. The first kappa shape index (κ1) is 17.4. The number of rotatable bonds is 9. The Labute approximate surface area is 127 Å². The number of carbonyl (C=O) groups excluding carboxylic acids is 1. The number of amides is 1. The summed E-state index contributed by atoms with van der Waals surface area (Å²) < 4.78 is 0. The highest BCUT2D eigenvalue weighted by Gasteiger charge is 2.13. The molecule has 1 aromatic heterocycles. The standard InChI is InChI=1S/C16H27N3O2/c1-4-19(5-2)16(21)15-11-14(8-10-18-15)17-9-6-7-13(3)12-20/h8,10-11,13,20H,4-7,9,12H2,1-3H3,(H,17,18). The van der Waals surface area contributed by atoms with E-state index in [2.05, 4.69) is 10.3 Å². The maximum atomic E-state index is 12.2. The highest BCUT2D eigenvalue weighted by molar-refractivity contribution is 5.93. The molecule has 0 aliphatic carbocycles. The predicted molar refractivity (Wildman–Crippen MR) is 85.5 cm³/mol. The number of nitrogens with zero attached hydrogens (tertiary/aromatic N) is 2. The van der Waals surface area contributed by atoms with Crippen LogP contribution in [0.2, 0.25) is 0 Å². The lowest BCUT2D eigenvalue weighted by atomic mass is 10.1. The topological polar surface area (TPSA) is 65.5 Å². The summed E-state index contributed by atoms with van der Waals surface area (Å²) in [6, 6.07) is 3.67. The van der Waals surface area contributed by atoms with Crippen molar-refractivity contribution in [1.82, 2.24) is 9.88 Å². The van der Waals surface area contributed by atoms with E-state index < -0.39 is 0 Å². The van der Waals surface area contributed by atoms with Gasteiger partial charge in [0.1, 0.15) is 5.69 Å². The van der Waals surface area contributed by atoms with Crippen LogP contribution in [0.15, 0.2) is 18.3 Å². The van der Waals surface area contributed by atoms with E-state index in [9.17, 15) is 4.79 Å². The van der Waals surface area contributed by atoms with E-state index >= 15 is 0 Å². The fraction of sp³-hybridized carbons (Fsp3) is 0.625. The molecule has 1 rings (SSSR count). The minimum atomic E-state index is -0.0300. The van der Waals surface area contributed by atoms with Gasteiger partial charge >= 0.3 is 0 Å². The van der Waals surface area contributed by atoms with Crippen molar-refractivity contribution in [2.75, 3.05) is 31.6 Å². The quantitative estimate of drug-likeness (QED) is 0.686. The Balaban J connectivity index is 2.54. The Bertz CT molecular complexity index is 433. The van der Waals surface area contributed by atoms with E-state index in [1.807, 2.05) is 26.8 Å². The minimum Gasteiger partial charge on any atom is -0.396 e. The third-order valence-electron chi connectivity index (χ3n) is 3.54. The molecule has 0 radical (unpaired) electrons. The molecule has 0 saturated heterocycles. The Morgan fingerprint density at radius 1 is 1.43 bits per heavy atom. The second-order valence-electron chi connectivity index (χ2n) is 5.26. The summed E-state index contributed by atoms with van der Waals surface area (Å²) in [4.78, 5) is 18.1. The van der Waals surface area contributed by atoms with Crippen molar-refractivity contribution >= 4 is 11.6 Å². The summed E-state index contributed by atoms with van der Waals surface area (Å²) in [6.45, 7) is 8.40. The van der Waals surface area contributed by atoms with E-state index in [1.54, 1.807) is 17.2 Å². The van der Waals surface area contributed by atoms with Gasteiger partial charge in [-0.05, 0) is 44.7 Å². The number of nitrogens with one attached hydrogen (secondary N) is 1. The maximum absolute atomic E-state index is 12.2. The second-order valence-corrected chi connectivity index (χ2v) is 5.26. The number of aliphatic hydroxyl groups excluding tert-OH is 1. The Morgan fingerprint density at radius 2 is 2.14 bits per heavy atom. The molecule has 0 spiro atoms. The lowest BCUT2D eigenvalue weighted by Gasteiger charge is -2.18. The Kier molecular flexibility index (Phi) is 7.75. The van der Waals surface area contributed by atoms with E-state index in [1.165, 1.54) is 0 Å². The molecule has 2 N–H and O–H groups in total. The molecule has 21 heavy (non-hydrogen) atoms. The molecule has 5 heteroatoms. The van der Waals surface area contributed by atoms with Gasteiger partial charge in [0.05, 0.1) is 0 Å². The van der Waals surface area contributed by atoms with Crippen molar-refractivity contribution in [2.45, 2.75) is 33.6 Å². The van der Waals surface area contributed by atoms with Crippen LogP contribution in [-0.4, -0.2) is 47.1 Å². The van der Waals surface area contributed by atoms with E-state index in [4.69, 9.17) is 5.11 Å². The number of anilines is 1. The molecular formula is C16H27N3O2. The molecule has 1 aromatic rings. The zero-order valence-electron chi connectivity index (χ0n) is 13.3. The number of carbonyl (C=O) groups is 1. The molecule has 0 fully saturated rings. The summed E-state index contributed by atoms with van der Waals surface area (Å²) in [5.74, 6) is 0.307. The molecule has 5 nitrogen and oxygen atoms in total. The molecule has 1 unspecified atom stereocenters. The van der Waals surface area contributed by atoms with Crippen LogP contribution in [0.25, 0.3) is 0 Å². The number of hydrogen-bond acceptors (Lipinski definition) is 4. The van der Waals surface area contributed by atoms with Gasteiger partial charge in [0.15, 0.2) is 0 Å². The normalized spacial score (nSPS) is 12.0. The van der Waals surface area contributed by atoms with Gasteiger partial charge in [-0.3, -0.25) is 9.78 Å². The molecule has 1 heterocycles. The lowest BCUT2D eigenvalue weighted by Crippen LogP contribution is -2.31. The van der Waals surface area contributed by atoms with Gasteiger partial charge in [-0.25, -0.2) is 0 Å². The first-order valence-electron chi connectivity index (χ1n) is 7.72. The predicted octanol–water partition coefficient (Wildman–Crippen LogP) is 2.38. The third-order valence-corrected chi connectivity index (χ3v) is 3.54. The molecule has 1 amide bonds. The van der Waals surface area contributed by atoms with Gasteiger partial charge in [-0.2, -0.15) is 0 Å². The smallest absolute Gasteiger partial charge is 0.272 e. The first-order chi connectivity index (χ1) is 10.1. The minimum absolute atomic E-state index is 0.0300. The van der Waals surface area contributed by atoms with Crippen LogP contribution in [0.3, 0.4) is 0 Å². The first-order valence-corrected chi connectivity index (χ1v) is 7.72. The summed E-state index contributed by atoms with van der Waals surface area (Å²) in [5, 5.41) is 12.3. The van der Waals surface area contributed by atoms with Crippen LogP contribution in [0.1, 0.15) is 44.1 Å². The van der Waals surface area contributed by atoms with Crippen molar-refractivity contribution in [1.29, 1.82) is 0 Å². The average molecular weight is 293 g/mol. The van der Waals surface area contributed by atoms with Crippen molar-refractivity contribution in [3.8, 4) is 0 Å². The van der Waals surface area contributed by atoms with Crippen molar-refractivity contribution in [3.05, 3.63) is 24.0 Å². The molecular weight excluding hydrogens is 266 g/mol. The number of pyridine rings is 1. The summed E-state index contributed by atoms with van der Waals surface area (Å²) in [7, 11) is 0. The van der Waals surface area contributed by atoms with Crippen LogP contribution >= 0.6 is 0 Å². The fourth-order valence-electron chi connectivity index (χ4n) is 2.10. The van der Waals surface area contributed by atoms with Gasteiger partial charge in [0.25, 0.3) is 5.91 Å². The van der Waals surface area contributed by atoms with Crippen molar-refractivity contribution < 1.29 is 9.90 Å². The van der Waals surface area contributed by atoms with Gasteiger partial charge in [-0.1, -0.05) is 6.92 Å². The average Bonchev–Trinajstić information content (AvgIpc) is 2.52. The maximum Gasteiger partial charge on any atom is 0.272 e. The van der Waals surface area contributed by atoms with E-state index in [-0.39, 0.29) is 12.5 Å². The summed E-state index contributed by atoms with van der Waals surface area (Å²) >= 11 is 0. The van der Waals surface area contributed by atoms with Crippen LogP contribution in [0, 0.1) is 5.92 Å². The SMILES string of the molecule is CCN(CC)C(=O)c1cc(NCCCC(C)CO)ccn1. The Hall–Kier alpha value is -1.62. The molecule has 0 aliphatic heterocycles. The van der Waals surface area contributed by atoms with Crippen LogP contribution in [-0.2, 0) is 0 Å². The zero-order valence-corrected chi connectivity index (χ0v) is 13.3. The van der Waals surface area contributed by atoms with Gasteiger partial charge in [0.2, 0.25) is 0 Å². The highest BCUT2D eigenvalue weighted by atomic mass is 16.3. The summed E-state index contributed by atoms with van der Waals surface area (Å²) in [6.07, 6.45) is 3.64. The van der Waals surface area contributed by atoms with Crippen LogP contribution in [0.5, 0.6) is 0 Å². The number of aliphatic hydroxyl groups is 1. The molecule has 1 atom stereocenters. The molecule has 0 aromatic carbocycles. The highest BCUT2D eigenvalue weighted by Crippen LogP contribution is 2.11. The monoisotopic (exact) mass is 293 g/mol. The largest absolute Gasteiger partial charge is 0.396 e. The second kappa shape index (κ2) is 9.34. The Morgan fingerprint density at radius 3 is 2.76 bits per heavy atom. The van der Waals surface area contributed by atoms with Gasteiger partial charge in [-0.15, -0.1) is 0 Å². The lowest BCUT2D eigenvalue weighted by molar-refractivity contribution is 0.0767. The van der Waals surface area contributed by atoms with E-state index in [0.29, 0.717) is 24.7 Å². The number of aromatic nitrogens is 1. The van der Waals surface area contributed by atoms with Crippen molar-refractivity contribution in [3.63, 3.8) is 0 Å². The van der Waals surface area contributed by atoms with E-state index in [0.717, 1.165) is 25.1 Å². The fourth-order valence-corrected chi connectivity index (χ4v) is 2.10. The number of hydrogen-bond donors (Lipinski definition) is 2. The van der Waals surface area contributed by atoms with Gasteiger partial charge in [0, 0.05) is 38.1 Å².